The molecule has 0 amide bonds. The molecule has 46 heavy (non-hydrogen) atoms. The minimum Gasteiger partial charge on any atom is -0.507 e. The number of aromatic hydroxyl groups is 1. The van der Waals surface area contributed by atoms with Gasteiger partial charge in [-0.2, -0.15) is 0 Å². The van der Waals surface area contributed by atoms with E-state index in [2.05, 4.69) is 0 Å². The van der Waals surface area contributed by atoms with Gasteiger partial charge in [-0.1, -0.05) is 18.2 Å². The van der Waals surface area contributed by atoms with Crippen molar-refractivity contribution >= 4 is 38.5 Å². The Morgan fingerprint density at radius 1 is 0.826 bits per heavy atom. The van der Waals surface area contributed by atoms with Gasteiger partial charge in [-0.25, -0.2) is 9.59 Å². The number of hydrogen-bond donors (Lipinski definition) is 6. The summed E-state index contributed by atoms with van der Waals surface area (Å²) in [4.78, 5) is 25.5. The average Bonchev–Trinajstić information content (AvgIpc) is 3.01. The lowest BCUT2D eigenvalue weighted by molar-refractivity contribution is -0.353. The molecule has 2 fully saturated rings. The second kappa shape index (κ2) is 12.1. The van der Waals surface area contributed by atoms with E-state index in [1.165, 1.54) is 44.4 Å². The Morgan fingerprint density at radius 3 is 2.22 bits per heavy atom. The van der Waals surface area contributed by atoms with Gasteiger partial charge in [0.05, 0.1) is 28.5 Å². The van der Waals surface area contributed by atoms with E-state index in [-0.39, 0.29) is 49.6 Å². The van der Waals surface area contributed by atoms with Gasteiger partial charge in [-0.3, -0.25) is 0 Å². The zero-order valence-corrected chi connectivity index (χ0v) is 25.2. The number of rotatable bonds is 6. The Bertz CT molecular complexity index is 1870. The number of ether oxygens (including phenoxy) is 5. The molecular formula is C32H34O14. The molecule has 6 N–H and O–H groups in total. The number of aryl methyl sites for hydroxylation is 1. The molecule has 2 aliphatic heterocycles. The first kappa shape index (κ1) is 32.1. The molecule has 0 bridgehead atoms. The van der Waals surface area contributed by atoms with E-state index in [0.717, 1.165) is 0 Å². The molecule has 2 aliphatic rings. The number of methoxy groups -OCH3 is 1. The molecule has 14 nitrogen and oxygen atoms in total. The number of phenolic OH excluding ortho intramolecular Hbond substituents is 1. The number of carboxylic acids is 1. The highest BCUT2D eigenvalue weighted by atomic mass is 16.8. The lowest BCUT2D eigenvalue weighted by atomic mass is 9.96. The van der Waals surface area contributed by atoms with Gasteiger partial charge in [0.1, 0.15) is 42.0 Å². The Hall–Kier alpha value is -3.86. The number of phenols is 1. The van der Waals surface area contributed by atoms with Gasteiger partial charge in [0, 0.05) is 23.3 Å². The Morgan fingerprint density at radius 2 is 1.52 bits per heavy atom. The van der Waals surface area contributed by atoms with E-state index < -0.39 is 73.0 Å². The molecule has 3 aromatic carbocycles. The van der Waals surface area contributed by atoms with Crippen LogP contribution in [0.5, 0.6) is 11.5 Å². The molecule has 0 unspecified atom stereocenters. The molecule has 1 aromatic heterocycles. The molecule has 2 saturated heterocycles. The highest BCUT2D eigenvalue weighted by molar-refractivity contribution is 6.21. The lowest BCUT2D eigenvalue weighted by Crippen LogP contribution is -2.64. The van der Waals surface area contributed by atoms with Crippen molar-refractivity contribution in [3.63, 3.8) is 0 Å². The largest absolute Gasteiger partial charge is 0.507 e. The number of carboxylic acid groups (broad SMARTS) is 1. The molecule has 0 aliphatic carbocycles. The van der Waals surface area contributed by atoms with Crippen LogP contribution < -0.4 is 10.4 Å². The van der Waals surface area contributed by atoms with Crippen molar-refractivity contribution in [3.8, 4) is 11.5 Å². The third-order valence-corrected chi connectivity index (χ3v) is 8.74. The minimum absolute atomic E-state index is 0.0107. The molecule has 0 radical (unpaired) electrons. The van der Waals surface area contributed by atoms with Crippen LogP contribution in [0.25, 0.3) is 32.5 Å². The van der Waals surface area contributed by atoms with Crippen LogP contribution in [0.2, 0.25) is 0 Å². The van der Waals surface area contributed by atoms with Gasteiger partial charge >= 0.3 is 11.6 Å². The smallest absolute Gasteiger partial charge is 0.344 e. The van der Waals surface area contributed by atoms with E-state index in [4.69, 9.17) is 28.1 Å². The number of aromatic carboxylic acids is 1. The summed E-state index contributed by atoms with van der Waals surface area (Å²) in [5, 5.41) is 64.6. The number of hydrogen-bond acceptors (Lipinski definition) is 13. The maximum atomic E-state index is 13.3. The average molecular weight is 643 g/mol. The molecule has 6 rings (SSSR count). The first-order chi connectivity index (χ1) is 21.8. The molecule has 3 heterocycles. The summed E-state index contributed by atoms with van der Waals surface area (Å²) in [7, 11) is 1.30. The van der Waals surface area contributed by atoms with Crippen LogP contribution in [0.1, 0.15) is 29.8 Å². The molecular weight excluding hydrogens is 608 g/mol. The number of aliphatic hydroxyl groups is 4. The Labute approximate surface area is 260 Å². The fourth-order valence-electron chi connectivity index (χ4n) is 6.26. The molecule has 4 aromatic rings. The predicted octanol–water partition coefficient (Wildman–Crippen LogP) is 1.52. The lowest BCUT2D eigenvalue weighted by Gasteiger charge is -2.46. The van der Waals surface area contributed by atoms with Crippen LogP contribution in [-0.4, -0.2) is 105 Å². The van der Waals surface area contributed by atoms with Crippen LogP contribution in [0.15, 0.2) is 45.6 Å². The van der Waals surface area contributed by atoms with E-state index in [1.807, 2.05) is 0 Å². The Kier molecular flexibility index (Phi) is 8.41. The molecule has 246 valence electrons. The summed E-state index contributed by atoms with van der Waals surface area (Å²) in [6.45, 7) is 4.67. The number of fused-ring (bicyclic) bond motifs is 5. The predicted molar refractivity (Wildman–Crippen MR) is 160 cm³/mol. The monoisotopic (exact) mass is 642 g/mol. The third kappa shape index (κ3) is 5.16. The maximum Gasteiger partial charge on any atom is 0.344 e. The molecule has 14 heteroatoms. The van der Waals surface area contributed by atoms with Crippen LogP contribution in [0.4, 0.5) is 0 Å². The van der Waals surface area contributed by atoms with Crippen molar-refractivity contribution in [1.29, 1.82) is 0 Å². The van der Waals surface area contributed by atoms with Crippen molar-refractivity contribution in [1.82, 2.24) is 0 Å². The summed E-state index contributed by atoms with van der Waals surface area (Å²) in [6, 6.07) is 8.74. The first-order valence-electron chi connectivity index (χ1n) is 14.6. The summed E-state index contributed by atoms with van der Waals surface area (Å²) in [6.07, 6.45) is -13.0. The molecule has 10 atom stereocenters. The van der Waals surface area contributed by atoms with E-state index >= 15 is 0 Å². The fourth-order valence-corrected chi connectivity index (χ4v) is 6.26. The van der Waals surface area contributed by atoms with Gasteiger partial charge in [-0.15, -0.1) is 0 Å². The summed E-state index contributed by atoms with van der Waals surface area (Å²) in [5.74, 6) is -1.56. The highest BCUT2D eigenvalue weighted by Gasteiger charge is 2.50. The zero-order chi connectivity index (χ0) is 33.2. The zero-order valence-electron chi connectivity index (χ0n) is 25.2. The van der Waals surface area contributed by atoms with Crippen LogP contribution in [-0.2, 0) is 18.9 Å². The van der Waals surface area contributed by atoms with Crippen LogP contribution in [0, 0.1) is 6.92 Å². The van der Waals surface area contributed by atoms with Crippen molar-refractivity contribution in [2.75, 3.05) is 7.11 Å². The normalized spacial score (nSPS) is 31.8. The molecule has 0 saturated carbocycles. The third-order valence-electron chi connectivity index (χ3n) is 8.74. The van der Waals surface area contributed by atoms with Crippen LogP contribution in [0.3, 0.4) is 0 Å². The quantitative estimate of drug-likeness (QED) is 0.130. The van der Waals surface area contributed by atoms with Crippen LogP contribution >= 0.6 is 0 Å². The number of benzene rings is 3. The van der Waals surface area contributed by atoms with Crippen molar-refractivity contribution in [3.05, 3.63) is 57.9 Å². The summed E-state index contributed by atoms with van der Waals surface area (Å²) >= 11 is 0. The van der Waals surface area contributed by atoms with Crippen molar-refractivity contribution in [2.24, 2.45) is 0 Å². The van der Waals surface area contributed by atoms with E-state index in [1.54, 1.807) is 19.9 Å². The first-order valence-corrected chi connectivity index (χ1v) is 14.6. The number of carbonyl (C=O) groups is 1. The number of aliphatic hydroxyl groups excluding tert-OH is 4. The van der Waals surface area contributed by atoms with Gasteiger partial charge in [0.2, 0.25) is 6.29 Å². The summed E-state index contributed by atoms with van der Waals surface area (Å²) in [5.41, 5.74) is -0.584. The summed E-state index contributed by atoms with van der Waals surface area (Å²) < 4.78 is 34.8. The highest BCUT2D eigenvalue weighted by Crippen LogP contribution is 2.42. The van der Waals surface area contributed by atoms with Crippen molar-refractivity contribution in [2.45, 2.75) is 82.2 Å². The SMILES string of the molecule is CO[C@H]1[C@H](O)[C@@H](O[C@@H]2[C@H](Oc3cccc4c(O)cc5c(oc(=O)c6c(C)ccc(C(=O)O)c65)c34)O[C@H](C)[C@H](O)[C@@H]2O)O[C@@H](C)[C@H]1O. The molecule has 0 spiro atoms. The maximum absolute atomic E-state index is 13.3. The second-order valence-electron chi connectivity index (χ2n) is 11.6. The van der Waals surface area contributed by atoms with Crippen molar-refractivity contribution < 1.29 is 63.5 Å². The Balaban J connectivity index is 1.49. The standard InChI is InChI=1S/C32H34O14/c1-11-8-9-15(29(38)39)20-16-10-17(33)14-6-5-7-18(21(14)26(16)45-30(40)19(11)20)44-32-28(24(36)22(34)12(2)43-32)46-31-25(37)27(41-4)23(35)13(3)42-31/h5-10,12-13,22-25,27-28,31-37H,1-4H3,(H,38,39)/t12-,13+,22+,23-,24+,25+,27-,28+,31-,32+/m1/s1. The van der Waals surface area contributed by atoms with E-state index in [9.17, 15) is 40.2 Å². The van der Waals surface area contributed by atoms with Gasteiger partial charge < -0.3 is 58.7 Å². The van der Waals surface area contributed by atoms with E-state index in [0.29, 0.717) is 5.56 Å². The van der Waals surface area contributed by atoms with Gasteiger partial charge in [0.25, 0.3) is 0 Å². The fraction of sp³-hybridized carbons (Fsp3) is 0.438. The minimum atomic E-state index is -1.62. The topological polar surface area (TPSA) is 215 Å². The second-order valence-corrected chi connectivity index (χ2v) is 11.6. The van der Waals surface area contributed by atoms with Gasteiger partial charge in [-0.05, 0) is 44.5 Å². The van der Waals surface area contributed by atoms with Gasteiger partial charge in [0.15, 0.2) is 18.0 Å².